The van der Waals surface area contributed by atoms with E-state index in [9.17, 15) is 9.59 Å². The van der Waals surface area contributed by atoms with Crippen LogP contribution in [0, 0.1) is 11.3 Å². The lowest BCUT2D eigenvalue weighted by atomic mass is 9.68. The Kier molecular flexibility index (Phi) is 7.32. The van der Waals surface area contributed by atoms with Gasteiger partial charge in [-0.15, -0.1) is 0 Å². The summed E-state index contributed by atoms with van der Waals surface area (Å²) in [6.07, 6.45) is 0.168. The summed E-state index contributed by atoms with van der Waals surface area (Å²) in [5.41, 5.74) is 1.33. The van der Waals surface area contributed by atoms with E-state index in [-0.39, 0.29) is 43.4 Å². The van der Waals surface area contributed by atoms with Crippen molar-refractivity contribution in [1.82, 2.24) is 5.32 Å². The van der Waals surface area contributed by atoms with Gasteiger partial charge in [0.2, 0.25) is 0 Å². The van der Waals surface area contributed by atoms with E-state index in [1.807, 2.05) is 67.6 Å². The molecule has 158 valence electrons. The summed E-state index contributed by atoms with van der Waals surface area (Å²) >= 11 is 0. The van der Waals surface area contributed by atoms with Crippen molar-refractivity contribution >= 4 is 19.8 Å². The van der Waals surface area contributed by atoms with Crippen molar-refractivity contribution in [3.8, 4) is 0 Å². The summed E-state index contributed by atoms with van der Waals surface area (Å²) in [5.74, 6) is -0.735. The number of hydrogen-bond donors (Lipinski definition) is 1. The summed E-state index contributed by atoms with van der Waals surface area (Å²) in [5, 5.41) is 3.45. The largest absolute Gasteiger partial charge is 0.461 e. The number of rotatable bonds is 8. The molecule has 2 aromatic carbocycles. The van der Waals surface area contributed by atoms with E-state index in [1.165, 1.54) is 0 Å². The van der Waals surface area contributed by atoms with Crippen LogP contribution >= 0.6 is 0 Å². The van der Waals surface area contributed by atoms with E-state index >= 15 is 0 Å². The molecule has 0 amide bonds. The predicted octanol–water partition coefficient (Wildman–Crippen LogP) is 2.90. The van der Waals surface area contributed by atoms with Crippen LogP contribution in [0.15, 0.2) is 60.7 Å². The second-order valence-corrected chi connectivity index (χ2v) is 8.70. The number of carbonyl (C=O) groups is 2. The minimum absolute atomic E-state index is 0.0415. The van der Waals surface area contributed by atoms with E-state index in [0.717, 1.165) is 11.1 Å². The van der Waals surface area contributed by atoms with Crippen molar-refractivity contribution in [2.75, 3.05) is 6.54 Å². The molecule has 0 bridgehead atoms. The molecule has 6 heteroatoms. The van der Waals surface area contributed by atoms with Gasteiger partial charge in [-0.25, -0.2) is 0 Å². The number of carbonyl (C=O) groups excluding carboxylic acids is 2. The van der Waals surface area contributed by atoms with Crippen molar-refractivity contribution < 1.29 is 19.1 Å². The third kappa shape index (κ3) is 5.51. The summed E-state index contributed by atoms with van der Waals surface area (Å²) < 4.78 is 11.2. The molecule has 1 heterocycles. The Bertz CT molecular complexity index is 843. The first kappa shape index (κ1) is 22.1. The van der Waals surface area contributed by atoms with Crippen LogP contribution in [0.5, 0.6) is 0 Å². The van der Waals surface area contributed by atoms with Gasteiger partial charge >= 0.3 is 11.9 Å². The second kappa shape index (κ2) is 9.94. The molecule has 1 aliphatic rings. The van der Waals surface area contributed by atoms with Crippen LogP contribution in [0.2, 0.25) is 5.82 Å². The van der Waals surface area contributed by atoms with Crippen molar-refractivity contribution in [1.29, 1.82) is 0 Å². The molecule has 0 saturated carbocycles. The van der Waals surface area contributed by atoms with Crippen LogP contribution in [-0.2, 0) is 32.3 Å². The first-order valence-electron chi connectivity index (χ1n) is 10.5. The van der Waals surface area contributed by atoms with Gasteiger partial charge in [-0.05, 0) is 11.1 Å². The minimum Gasteiger partial charge on any atom is -0.461 e. The van der Waals surface area contributed by atoms with Crippen LogP contribution < -0.4 is 5.32 Å². The van der Waals surface area contributed by atoms with Gasteiger partial charge in [-0.3, -0.25) is 9.59 Å². The first-order valence-corrected chi connectivity index (χ1v) is 10.5. The van der Waals surface area contributed by atoms with Crippen LogP contribution in [0.4, 0.5) is 0 Å². The average molecular weight is 407 g/mol. The molecule has 2 aromatic rings. The monoisotopic (exact) mass is 407 g/mol. The molecule has 2 unspecified atom stereocenters. The van der Waals surface area contributed by atoms with Gasteiger partial charge in [0.25, 0.3) is 0 Å². The maximum atomic E-state index is 13.1. The van der Waals surface area contributed by atoms with Crippen molar-refractivity contribution in [2.45, 2.75) is 45.3 Å². The Labute approximate surface area is 179 Å². The average Bonchev–Trinajstić information content (AvgIpc) is 3.09. The fraction of sp³-hybridized carbons (Fsp3) is 0.417. The minimum atomic E-state index is -0.559. The predicted molar refractivity (Wildman–Crippen MR) is 118 cm³/mol. The highest BCUT2D eigenvalue weighted by atomic mass is 16.5. The molecule has 0 radical (unpaired) electrons. The Morgan fingerprint density at radius 2 is 1.57 bits per heavy atom. The normalized spacial score (nSPS) is 24.2. The molecular weight excluding hydrogens is 377 g/mol. The van der Waals surface area contributed by atoms with Gasteiger partial charge in [-0.1, -0.05) is 80.3 Å². The number of ether oxygens (including phenoxy) is 2. The first-order chi connectivity index (χ1) is 14.4. The Morgan fingerprint density at radius 3 is 2.10 bits per heavy atom. The van der Waals surface area contributed by atoms with Crippen LogP contribution in [0.3, 0.4) is 0 Å². The quantitative estimate of drug-likeness (QED) is 0.539. The van der Waals surface area contributed by atoms with E-state index in [1.54, 1.807) is 0 Å². The maximum absolute atomic E-state index is 13.1. The zero-order valence-electron chi connectivity index (χ0n) is 18.0. The molecular formula is C24H30BNO4. The summed E-state index contributed by atoms with van der Waals surface area (Å²) in [7, 11) is 2.08. The Morgan fingerprint density at radius 1 is 1.03 bits per heavy atom. The van der Waals surface area contributed by atoms with Crippen molar-refractivity contribution in [3.63, 3.8) is 0 Å². The molecule has 0 aliphatic carbocycles. The van der Waals surface area contributed by atoms with Crippen LogP contribution in [0.25, 0.3) is 0 Å². The molecule has 1 N–H and O–H groups in total. The fourth-order valence-electron chi connectivity index (χ4n) is 4.17. The van der Waals surface area contributed by atoms with Gasteiger partial charge in [0.05, 0.1) is 12.3 Å². The number of esters is 2. The highest BCUT2D eigenvalue weighted by Gasteiger charge is 2.52. The lowest BCUT2D eigenvalue weighted by molar-refractivity contribution is -0.156. The molecule has 5 nitrogen and oxygen atoms in total. The molecule has 0 spiro atoms. The summed E-state index contributed by atoms with van der Waals surface area (Å²) in [4.78, 5) is 25.7. The molecule has 0 aromatic heterocycles. The Hall–Kier alpha value is -2.60. The van der Waals surface area contributed by atoms with Crippen molar-refractivity contribution in [3.05, 3.63) is 71.8 Å². The van der Waals surface area contributed by atoms with E-state index in [0.29, 0.717) is 6.54 Å². The zero-order valence-corrected chi connectivity index (χ0v) is 18.0. The third-order valence-corrected chi connectivity index (χ3v) is 5.84. The smallest absolute Gasteiger partial charge is 0.311 e. The van der Waals surface area contributed by atoms with Gasteiger partial charge in [0, 0.05) is 18.0 Å². The summed E-state index contributed by atoms with van der Waals surface area (Å²) in [6, 6.07) is 19.2. The topological polar surface area (TPSA) is 64.6 Å². The second-order valence-electron chi connectivity index (χ2n) is 8.70. The maximum Gasteiger partial charge on any atom is 0.311 e. The van der Waals surface area contributed by atoms with Crippen molar-refractivity contribution in [2.24, 2.45) is 11.3 Å². The zero-order chi connectivity index (χ0) is 21.6. The lowest BCUT2D eigenvalue weighted by Gasteiger charge is -2.32. The number of hydrogen-bond acceptors (Lipinski definition) is 5. The SMILES string of the molecule is B[C@H](C)C1NC[C@@](C)(CC(=O)OCc2ccccc2)C1C(=O)OCc1ccccc1. The summed E-state index contributed by atoms with van der Waals surface area (Å²) in [6.45, 7) is 5.09. The third-order valence-electron chi connectivity index (χ3n) is 5.84. The lowest BCUT2D eigenvalue weighted by Crippen LogP contribution is -2.41. The van der Waals surface area contributed by atoms with Gasteiger partial charge in [0.15, 0.2) is 0 Å². The van der Waals surface area contributed by atoms with Gasteiger partial charge < -0.3 is 14.8 Å². The highest BCUT2D eigenvalue weighted by Crippen LogP contribution is 2.42. The standard InChI is InChI=1S/C24H30BNO4/c1-17(25)22-21(23(28)30-15-19-11-7-4-8-12-19)24(2,16-26-22)13-20(27)29-14-18-9-5-3-6-10-18/h3-12,17,21-22,26H,13-16,25H2,1-2H3/t17-,21?,22?,24-/m1/s1. The molecule has 1 saturated heterocycles. The van der Waals surface area contributed by atoms with Gasteiger partial charge in [0.1, 0.15) is 21.1 Å². The van der Waals surface area contributed by atoms with E-state index in [4.69, 9.17) is 9.47 Å². The molecule has 1 fully saturated rings. The molecule has 1 aliphatic heterocycles. The van der Waals surface area contributed by atoms with E-state index in [2.05, 4.69) is 20.1 Å². The highest BCUT2D eigenvalue weighted by molar-refractivity contribution is 6.12. The number of benzene rings is 2. The molecule has 30 heavy (non-hydrogen) atoms. The van der Waals surface area contributed by atoms with E-state index < -0.39 is 11.3 Å². The van der Waals surface area contributed by atoms with Crippen LogP contribution in [0.1, 0.15) is 31.4 Å². The fourth-order valence-corrected chi connectivity index (χ4v) is 4.17. The van der Waals surface area contributed by atoms with Gasteiger partial charge in [-0.2, -0.15) is 0 Å². The molecule has 4 atom stereocenters. The Balaban J connectivity index is 1.65. The van der Waals surface area contributed by atoms with Crippen LogP contribution in [-0.4, -0.2) is 32.4 Å². The number of nitrogens with one attached hydrogen (secondary N) is 1. The molecule has 3 rings (SSSR count).